The number of phenols is 1. The van der Waals surface area contributed by atoms with Crippen LogP contribution >= 0.6 is 0 Å². The van der Waals surface area contributed by atoms with E-state index in [1.54, 1.807) is 7.11 Å². The maximum absolute atomic E-state index is 11.4. The van der Waals surface area contributed by atoms with Crippen molar-refractivity contribution in [3.8, 4) is 33.8 Å². The summed E-state index contributed by atoms with van der Waals surface area (Å²) in [6.45, 7) is 13.6. The second kappa shape index (κ2) is 9.79. The van der Waals surface area contributed by atoms with Gasteiger partial charge >= 0.3 is 0 Å². The lowest BCUT2D eigenvalue weighted by Gasteiger charge is -2.42. The van der Waals surface area contributed by atoms with E-state index in [0.29, 0.717) is 5.75 Å². The molecule has 3 aliphatic rings. The zero-order valence-electron chi connectivity index (χ0n) is 26.2. The first-order chi connectivity index (χ1) is 20.1. The van der Waals surface area contributed by atoms with Gasteiger partial charge in [0.05, 0.1) is 12.8 Å². The molecule has 0 amide bonds. The monoisotopic (exact) mass is 559 g/mol. The predicted octanol–water partition coefficient (Wildman–Crippen LogP) is 9.84. The molecular formula is C39H45NO2. The Kier molecular flexibility index (Phi) is 6.38. The molecule has 2 fully saturated rings. The van der Waals surface area contributed by atoms with Gasteiger partial charge in [-0.3, -0.25) is 0 Å². The minimum Gasteiger partial charge on any atom is -0.507 e. The number of anilines is 1. The molecule has 0 bridgehead atoms. The average molecular weight is 560 g/mol. The summed E-state index contributed by atoms with van der Waals surface area (Å²) in [4.78, 5) is 2.56. The van der Waals surface area contributed by atoms with Crippen LogP contribution in [0.15, 0.2) is 60.7 Å². The van der Waals surface area contributed by atoms with Gasteiger partial charge in [-0.05, 0) is 98.7 Å². The maximum Gasteiger partial charge on any atom is 0.142 e. The highest BCUT2D eigenvalue weighted by Gasteiger charge is 2.38. The number of piperidine rings is 1. The molecule has 3 heteroatoms. The summed E-state index contributed by atoms with van der Waals surface area (Å²) in [5.41, 5.74) is 9.96. The molecule has 0 spiro atoms. The number of hydrogen-bond donors (Lipinski definition) is 1. The average Bonchev–Trinajstić information content (AvgIpc) is 3.21. The number of benzene rings is 4. The molecule has 2 aliphatic carbocycles. The van der Waals surface area contributed by atoms with Crippen molar-refractivity contribution in [1.29, 1.82) is 0 Å². The molecule has 1 saturated carbocycles. The van der Waals surface area contributed by atoms with Crippen molar-refractivity contribution in [3.05, 3.63) is 77.4 Å². The van der Waals surface area contributed by atoms with Crippen LogP contribution in [0.1, 0.15) is 83.4 Å². The van der Waals surface area contributed by atoms with Gasteiger partial charge in [0, 0.05) is 23.9 Å². The van der Waals surface area contributed by atoms with Crippen molar-refractivity contribution >= 4 is 16.5 Å². The quantitative estimate of drug-likeness (QED) is 0.271. The summed E-state index contributed by atoms with van der Waals surface area (Å²) in [6.07, 6.45) is 6.75. The van der Waals surface area contributed by atoms with Crippen molar-refractivity contribution in [2.75, 3.05) is 25.1 Å². The minimum absolute atomic E-state index is 0.136. The van der Waals surface area contributed by atoms with E-state index in [0.717, 1.165) is 41.4 Å². The van der Waals surface area contributed by atoms with Crippen LogP contribution in [-0.2, 0) is 10.8 Å². The van der Waals surface area contributed by atoms with E-state index in [4.69, 9.17) is 4.74 Å². The summed E-state index contributed by atoms with van der Waals surface area (Å²) in [5.74, 6) is 2.84. The van der Waals surface area contributed by atoms with Gasteiger partial charge < -0.3 is 14.7 Å². The maximum atomic E-state index is 11.4. The third-order valence-electron chi connectivity index (χ3n) is 10.8. The summed E-state index contributed by atoms with van der Waals surface area (Å²) in [5, 5.41) is 13.4. The number of phenolic OH excluding ortho intramolecular Hbond substituents is 1. The van der Waals surface area contributed by atoms with Crippen LogP contribution in [0.5, 0.6) is 11.5 Å². The zero-order valence-corrected chi connectivity index (χ0v) is 26.2. The largest absolute Gasteiger partial charge is 0.507 e. The molecule has 2 atom stereocenters. The molecule has 1 N–H and O–H groups in total. The topological polar surface area (TPSA) is 32.7 Å². The van der Waals surface area contributed by atoms with Crippen molar-refractivity contribution in [3.63, 3.8) is 0 Å². The summed E-state index contributed by atoms with van der Waals surface area (Å²) in [6, 6.07) is 22.4. The van der Waals surface area contributed by atoms with Crippen molar-refractivity contribution in [2.24, 2.45) is 11.8 Å². The lowest BCUT2D eigenvalue weighted by molar-refractivity contribution is 0.202. The van der Waals surface area contributed by atoms with Gasteiger partial charge in [-0.25, -0.2) is 0 Å². The smallest absolute Gasteiger partial charge is 0.142 e. The molecule has 4 aromatic carbocycles. The minimum atomic E-state index is -0.224. The van der Waals surface area contributed by atoms with Crippen LogP contribution in [0.4, 0.5) is 5.69 Å². The first kappa shape index (κ1) is 27.4. The molecule has 1 saturated heterocycles. The summed E-state index contributed by atoms with van der Waals surface area (Å²) < 4.78 is 5.97. The molecular weight excluding hydrogens is 514 g/mol. The molecule has 0 aromatic heterocycles. The van der Waals surface area contributed by atoms with Crippen LogP contribution < -0.4 is 9.64 Å². The number of hydrogen-bond acceptors (Lipinski definition) is 3. The number of rotatable bonds is 3. The van der Waals surface area contributed by atoms with Crippen LogP contribution in [0, 0.1) is 11.8 Å². The van der Waals surface area contributed by atoms with Crippen molar-refractivity contribution in [2.45, 2.75) is 77.6 Å². The van der Waals surface area contributed by atoms with Gasteiger partial charge in [-0.1, -0.05) is 90.3 Å². The Hall–Kier alpha value is -3.46. The molecule has 218 valence electrons. The van der Waals surface area contributed by atoms with Crippen LogP contribution in [0.3, 0.4) is 0 Å². The normalized spacial score (nSPS) is 21.1. The Labute approximate surface area is 251 Å². The zero-order chi connectivity index (χ0) is 29.4. The Bertz CT molecular complexity index is 1670. The third-order valence-corrected chi connectivity index (χ3v) is 10.8. The summed E-state index contributed by atoms with van der Waals surface area (Å²) in [7, 11) is 1.76. The highest BCUT2D eigenvalue weighted by molar-refractivity contribution is 6.07. The Morgan fingerprint density at radius 2 is 1.52 bits per heavy atom. The number of ether oxygens (including phenoxy) is 1. The van der Waals surface area contributed by atoms with Gasteiger partial charge in [-0.15, -0.1) is 0 Å². The first-order valence-electron chi connectivity index (χ1n) is 15.9. The molecule has 7 rings (SSSR count). The number of nitrogens with zero attached hydrogens (tertiary/aromatic N) is 1. The van der Waals surface area contributed by atoms with Gasteiger partial charge in [0.25, 0.3) is 0 Å². The van der Waals surface area contributed by atoms with Crippen molar-refractivity contribution < 1.29 is 9.84 Å². The third kappa shape index (κ3) is 4.31. The van der Waals surface area contributed by atoms with Crippen molar-refractivity contribution in [1.82, 2.24) is 0 Å². The standard InChI is InChI=1S/C39H45NO2/c1-38(2,3)28-14-11-25(12-15-28)26-13-16-29-32(19-26)39(4,5)33-22-35(41)30-21-36(42-6)34(20-31(30)37(29)33)40-18-17-24-9-7-8-10-27(24)23-40/h11-16,19-22,24,27,41H,7-10,17-18,23H2,1-6H3. The first-order valence-corrected chi connectivity index (χ1v) is 15.9. The molecule has 3 nitrogen and oxygen atoms in total. The molecule has 1 aliphatic heterocycles. The number of aromatic hydroxyl groups is 1. The second-order valence-electron chi connectivity index (χ2n) is 14.6. The molecule has 0 radical (unpaired) electrons. The van der Waals surface area contributed by atoms with E-state index in [-0.39, 0.29) is 10.8 Å². The Balaban J connectivity index is 1.35. The van der Waals surface area contributed by atoms with Crippen LogP contribution in [-0.4, -0.2) is 25.3 Å². The van der Waals surface area contributed by atoms with E-state index >= 15 is 0 Å². The van der Waals surface area contributed by atoms with E-state index in [1.807, 2.05) is 6.07 Å². The van der Waals surface area contributed by atoms with Gasteiger partial charge in [-0.2, -0.15) is 0 Å². The van der Waals surface area contributed by atoms with Gasteiger partial charge in [0.2, 0.25) is 0 Å². The Morgan fingerprint density at radius 3 is 2.24 bits per heavy atom. The lowest BCUT2D eigenvalue weighted by Crippen LogP contribution is -2.41. The fraction of sp³-hybridized carbons (Fsp3) is 0.436. The molecule has 2 unspecified atom stereocenters. The molecule has 1 heterocycles. The van der Waals surface area contributed by atoms with E-state index in [2.05, 4.69) is 94.1 Å². The number of methoxy groups -OCH3 is 1. The van der Waals surface area contributed by atoms with Crippen LogP contribution in [0.2, 0.25) is 0 Å². The van der Waals surface area contributed by atoms with Crippen LogP contribution in [0.25, 0.3) is 33.0 Å². The lowest BCUT2D eigenvalue weighted by atomic mass is 9.75. The summed E-state index contributed by atoms with van der Waals surface area (Å²) >= 11 is 0. The van der Waals surface area contributed by atoms with Gasteiger partial charge in [0.15, 0.2) is 0 Å². The second-order valence-corrected chi connectivity index (χ2v) is 14.6. The Morgan fingerprint density at radius 1 is 0.810 bits per heavy atom. The highest BCUT2D eigenvalue weighted by Crippen LogP contribution is 2.55. The highest BCUT2D eigenvalue weighted by atomic mass is 16.5. The fourth-order valence-corrected chi connectivity index (χ4v) is 8.20. The van der Waals surface area contributed by atoms with E-state index in [9.17, 15) is 5.11 Å². The number of fused-ring (bicyclic) bond motifs is 6. The molecule has 42 heavy (non-hydrogen) atoms. The van der Waals surface area contributed by atoms with Gasteiger partial charge in [0.1, 0.15) is 11.5 Å². The fourth-order valence-electron chi connectivity index (χ4n) is 8.20. The van der Waals surface area contributed by atoms with E-state index in [1.165, 1.54) is 76.7 Å². The predicted molar refractivity (Wildman–Crippen MR) is 176 cm³/mol. The SMILES string of the molecule is COc1cc2c(O)cc3c(c2cc1N1CCC2CCCCC2C1)-c1ccc(-c2ccc(C(C)(C)C)cc2)cc1C3(C)C. The van der Waals surface area contributed by atoms with E-state index < -0.39 is 0 Å². The molecule has 4 aromatic rings.